The Bertz CT molecular complexity index is 389. The highest BCUT2D eigenvalue weighted by Crippen LogP contribution is 2.14. The first-order valence-electron chi connectivity index (χ1n) is 5.68. The third-order valence-corrected chi connectivity index (χ3v) is 3.01. The van der Waals surface area contributed by atoms with Crippen molar-refractivity contribution in [2.75, 3.05) is 19.8 Å². The van der Waals surface area contributed by atoms with Gasteiger partial charge in [0.15, 0.2) is 0 Å². The summed E-state index contributed by atoms with van der Waals surface area (Å²) in [5.41, 5.74) is 3.49. The summed E-state index contributed by atoms with van der Waals surface area (Å²) in [7, 11) is 1.97. The van der Waals surface area contributed by atoms with Gasteiger partial charge >= 0.3 is 0 Å². The number of rotatable bonds is 2. The van der Waals surface area contributed by atoms with Crippen molar-refractivity contribution >= 4 is 6.08 Å². The van der Waals surface area contributed by atoms with Crippen molar-refractivity contribution < 1.29 is 4.74 Å². The molecule has 0 aliphatic carbocycles. The molecule has 2 heterocycles. The predicted molar refractivity (Wildman–Crippen MR) is 64.3 cm³/mol. The third kappa shape index (κ3) is 2.33. The van der Waals surface area contributed by atoms with Gasteiger partial charge in [0.25, 0.3) is 0 Å². The highest BCUT2D eigenvalue weighted by atomic mass is 16.5. The summed E-state index contributed by atoms with van der Waals surface area (Å²) in [6, 6.07) is 0.327. The average molecular weight is 221 g/mol. The van der Waals surface area contributed by atoms with Gasteiger partial charge in [0.05, 0.1) is 18.9 Å². The molecule has 1 saturated heterocycles. The Balaban J connectivity index is 2.10. The maximum Gasteiger partial charge on any atom is 0.0668 e. The molecule has 1 unspecified atom stereocenters. The first kappa shape index (κ1) is 11.4. The molecular weight excluding hydrogens is 202 g/mol. The van der Waals surface area contributed by atoms with Gasteiger partial charge in [-0.3, -0.25) is 4.68 Å². The topological polar surface area (TPSA) is 39.1 Å². The maximum absolute atomic E-state index is 5.40. The zero-order valence-corrected chi connectivity index (χ0v) is 10.2. The van der Waals surface area contributed by atoms with Crippen LogP contribution >= 0.6 is 0 Å². The fourth-order valence-electron chi connectivity index (χ4n) is 1.95. The molecule has 1 fully saturated rings. The van der Waals surface area contributed by atoms with Gasteiger partial charge in [-0.05, 0) is 13.8 Å². The number of morpholine rings is 1. The summed E-state index contributed by atoms with van der Waals surface area (Å²) in [6.45, 7) is 6.63. The van der Waals surface area contributed by atoms with Crippen LogP contribution in [0, 0.1) is 13.8 Å². The van der Waals surface area contributed by atoms with E-state index in [1.807, 2.05) is 18.7 Å². The van der Waals surface area contributed by atoms with Crippen LogP contribution in [0.15, 0.2) is 6.08 Å². The summed E-state index contributed by atoms with van der Waals surface area (Å²) in [6.07, 6.45) is 4.31. The molecule has 0 radical (unpaired) electrons. The Kier molecular flexibility index (Phi) is 3.41. The highest BCUT2D eigenvalue weighted by molar-refractivity contribution is 5.55. The summed E-state index contributed by atoms with van der Waals surface area (Å²) < 4.78 is 7.32. The maximum atomic E-state index is 5.40. The fraction of sp³-hybridized carbons (Fsp3) is 0.583. The fourth-order valence-corrected chi connectivity index (χ4v) is 1.95. The highest BCUT2D eigenvalue weighted by Gasteiger charge is 2.10. The quantitative estimate of drug-likeness (QED) is 0.811. The van der Waals surface area contributed by atoms with Crippen molar-refractivity contribution in [3.05, 3.63) is 23.0 Å². The van der Waals surface area contributed by atoms with Crippen molar-refractivity contribution in [3.63, 3.8) is 0 Å². The van der Waals surface area contributed by atoms with E-state index in [9.17, 15) is 0 Å². The Morgan fingerprint density at radius 3 is 2.88 bits per heavy atom. The Morgan fingerprint density at radius 2 is 2.31 bits per heavy atom. The van der Waals surface area contributed by atoms with Crippen LogP contribution < -0.4 is 5.32 Å². The number of ether oxygens (including phenoxy) is 1. The van der Waals surface area contributed by atoms with E-state index < -0.39 is 0 Å². The summed E-state index contributed by atoms with van der Waals surface area (Å²) in [5.74, 6) is 0. The van der Waals surface area contributed by atoms with Gasteiger partial charge in [-0.1, -0.05) is 12.2 Å². The molecule has 0 amide bonds. The van der Waals surface area contributed by atoms with E-state index in [0.717, 1.165) is 25.5 Å². The second-order valence-electron chi connectivity index (χ2n) is 4.20. The zero-order valence-electron chi connectivity index (χ0n) is 10.2. The normalized spacial score (nSPS) is 21.8. The Hall–Kier alpha value is -1.13. The molecule has 0 aromatic carbocycles. The number of aromatic nitrogens is 2. The summed E-state index contributed by atoms with van der Waals surface area (Å²) in [5, 5.41) is 7.78. The smallest absolute Gasteiger partial charge is 0.0668 e. The second kappa shape index (κ2) is 4.80. The first-order valence-corrected chi connectivity index (χ1v) is 5.68. The van der Waals surface area contributed by atoms with Crippen LogP contribution in [-0.2, 0) is 11.8 Å². The van der Waals surface area contributed by atoms with Crippen molar-refractivity contribution in [2.24, 2.45) is 7.05 Å². The molecule has 1 atom stereocenters. The molecule has 1 aliphatic heterocycles. The molecule has 1 aromatic rings. The number of aryl methyl sites for hydroxylation is 2. The van der Waals surface area contributed by atoms with Crippen molar-refractivity contribution in [1.29, 1.82) is 0 Å². The number of hydrogen-bond acceptors (Lipinski definition) is 3. The summed E-state index contributed by atoms with van der Waals surface area (Å²) in [4.78, 5) is 0. The van der Waals surface area contributed by atoms with Gasteiger partial charge < -0.3 is 10.1 Å². The number of nitrogens with one attached hydrogen (secondary N) is 1. The van der Waals surface area contributed by atoms with E-state index in [1.165, 1.54) is 11.3 Å². The SMILES string of the molecule is Cc1nn(C)c(C)c1/C=C/C1COCCN1. The van der Waals surface area contributed by atoms with E-state index in [4.69, 9.17) is 4.74 Å². The van der Waals surface area contributed by atoms with Gasteiger partial charge in [0.2, 0.25) is 0 Å². The Labute approximate surface area is 96.3 Å². The van der Waals surface area contributed by atoms with Gasteiger partial charge in [-0.25, -0.2) is 0 Å². The summed E-state index contributed by atoms with van der Waals surface area (Å²) >= 11 is 0. The van der Waals surface area contributed by atoms with Crippen LogP contribution in [0.5, 0.6) is 0 Å². The standard InChI is InChI=1S/C12H19N3O/c1-9-12(10(2)15(3)14-9)5-4-11-8-16-7-6-13-11/h4-5,11,13H,6-8H2,1-3H3/b5-4+. The van der Waals surface area contributed by atoms with Crippen LogP contribution in [0.25, 0.3) is 6.08 Å². The minimum Gasteiger partial charge on any atom is -0.378 e. The molecule has 16 heavy (non-hydrogen) atoms. The average Bonchev–Trinajstić information content (AvgIpc) is 2.53. The van der Waals surface area contributed by atoms with E-state index in [-0.39, 0.29) is 0 Å². The third-order valence-electron chi connectivity index (χ3n) is 3.01. The molecule has 4 heteroatoms. The molecule has 88 valence electrons. The van der Waals surface area contributed by atoms with E-state index in [2.05, 4.69) is 29.5 Å². The molecule has 4 nitrogen and oxygen atoms in total. The molecule has 0 bridgehead atoms. The molecule has 0 saturated carbocycles. The van der Waals surface area contributed by atoms with Crippen molar-refractivity contribution in [1.82, 2.24) is 15.1 Å². The molecule has 0 spiro atoms. The van der Waals surface area contributed by atoms with Crippen LogP contribution in [0.3, 0.4) is 0 Å². The van der Waals surface area contributed by atoms with Gasteiger partial charge in [0, 0.05) is 30.9 Å². The van der Waals surface area contributed by atoms with Gasteiger partial charge in [-0.2, -0.15) is 5.10 Å². The number of hydrogen-bond donors (Lipinski definition) is 1. The first-order chi connectivity index (χ1) is 7.68. The second-order valence-corrected chi connectivity index (χ2v) is 4.20. The lowest BCUT2D eigenvalue weighted by Gasteiger charge is -2.20. The lowest BCUT2D eigenvalue weighted by atomic mass is 10.1. The van der Waals surface area contributed by atoms with Gasteiger partial charge in [-0.15, -0.1) is 0 Å². The molecular formula is C12H19N3O. The van der Waals surface area contributed by atoms with Crippen LogP contribution in [0.1, 0.15) is 17.0 Å². The number of nitrogens with zero attached hydrogens (tertiary/aromatic N) is 2. The molecule has 2 rings (SSSR count). The largest absolute Gasteiger partial charge is 0.378 e. The van der Waals surface area contributed by atoms with Crippen molar-refractivity contribution in [2.45, 2.75) is 19.9 Å². The zero-order chi connectivity index (χ0) is 11.5. The van der Waals surface area contributed by atoms with Crippen molar-refractivity contribution in [3.8, 4) is 0 Å². The molecule has 1 N–H and O–H groups in total. The van der Waals surface area contributed by atoms with E-state index in [1.54, 1.807) is 0 Å². The lowest BCUT2D eigenvalue weighted by Crippen LogP contribution is -2.39. The Morgan fingerprint density at radius 1 is 1.50 bits per heavy atom. The predicted octanol–water partition coefficient (Wildman–Crippen LogP) is 1.04. The minimum absolute atomic E-state index is 0.327. The monoisotopic (exact) mass is 221 g/mol. The van der Waals surface area contributed by atoms with E-state index >= 15 is 0 Å². The van der Waals surface area contributed by atoms with Crippen LogP contribution in [0.4, 0.5) is 0 Å². The van der Waals surface area contributed by atoms with E-state index in [0.29, 0.717) is 6.04 Å². The van der Waals surface area contributed by atoms with Crippen LogP contribution in [-0.4, -0.2) is 35.6 Å². The molecule has 1 aromatic heterocycles. The molecule has 1 aliphatic rings. The minimum atomic E-state index is 0.327. The van der Waals surface area contributed by atoms with Crippen LogP contribution in [0.2, 0.25) is 0 Å². The lowest BCUT2D eigenvalue weighted by molar-refractivity contribution is 0.0903. The van der Waals surface area contributed by atoms with Gasteiger partial charge in [0.1, 0.15) is 0 Å².